The number of benzene rings is 2. The van der Waals surface area contributed by atoms with Crippen LogP contribution in [-0.2, 0) is 4.79 Å². The van der Waals surface area contributed by atoms with E-state index in [4.69, 9.17) is 0 Å². The first-order chi connectivity index (χ1) is 12.1. The molecule has 1 atom stereocenters. The average molecular weight is 402 g/mol. The molecule has 1 heterocycles. The van der Waals surface area contributed by atoms with Gasteiger partial charge in [-0.25, -0.2) is 0 Å². The molecule has 1 fully saturated rings. The Kier molecular flexibility index (Phi) is 6.10. The van der Waals surface area contributed by atoms with Crippen LogP contribution in [0.1, 0.15) is 18.5 Å². The number of hydrogen-bond donors (Lipinski definition) is 1. The first-order valence-electron chi connectivity index (χ1n) is 8.69. The molecule has 1 unspecified atom stereocenters. The lowest BCUT2D eigenvalue weighted by Gasteiger charge is -2.35. The average Bonchev–Trinajstić information content (AvgIpc) is 2.63. The third-order valence-electron chi connectivity index (χ3n) is 4.61. The molecule has 0 radical (unpaired) electrons. The van der Waals surface area contributed by atoms with Gasteiger partial charge in [0.15, 0.2) is 0 Å². The quantitative estimate of drug-likeness (QED) is 0.832. The molecule has 2 aromatic rings. The highest BCUT2D eigenvalue weighted by Crippen LogP contribution is 2.17. The first-order valence-corrected chi connectivity index (χ1v) is 9.48. The van der Waals surface area contributed by atoms with Gasteiger partial charge in [-0.15, -0.1) is 0 Å². The van der Waals surface area contributed by atoms with Crippen molar-refractivity contribution in [2.45, 2.75) is 13.0 Å². The number of piperazine rings is 1. The van der Waals surface area contributed by atoms with E-state index in [2.05, 4.69) is 55.3 Å². The number of nitrogens with one attached hydrogen (secondary N) is 1. The van der Waals surface area contributed by atoms with Gasteiger partial charge in [-0.05, 0) is 36.8 Å². The fourth-order valence-electron chi connectivity index (χ4n) is 3.13. The molecule has 1 amide bonds. The molecular weight excluding hydrogens is 378 g/mol. The minimum atomic E-state index is 0.0196. The van der Waals surface area contributed by atoms with E-state index in [1.807, 2.05) is 37.3 Å². The van der Waals surface area contributed by atoms with Crippen molar-refractivity contribution in [3.63, 3.8) is 0 Å². The lowest BCUT2D eigenvalue weighted by Crippen LogP contribution is -2.49. The van der Waals surface area contributed by atoms with Crippen LogP contribution in [0.4, 0.5) is 5.69 Å². The van der Waals surface area contributed by atoms with Crippen LogP contribution in [0.5, 0.6) is 0 Å². The van der Waals surface area contributed by atoms with Gasteiger partial charge >= 0.3 is 0 Å². The highest BCUT2D eigenvalue weighted by Gasteiger charge is 2.20. The van der Waals surface area contributed by atoms with Crippen molar-refractivity contribution in [3.05, 3.63) is 64.6 Å². The second kappa shape index (κ2) is 8.50. The number of halogens is 1. The van der Waals surface area contributed by atoms with E-state index in [9.17, 15) is 4.79 Å². The molecule has 0 bridgehead atoms. The van der Waals surface area contributed by atoms with Crippen molar-refractivity contribution in [3.8, 4) is 0 Å². The van der Waals surface area contributed by atoms with Crippen LogP contribution < -0.4 is 10.2 Å². The van der Waals surface area contributed by atoms with Crippen molar-refractivity contribution in [2.24, 2.45) is 0 Å². The lowest BCUT2D eigenvalue weighted by atomic mass is 10.1. The Labute approximate surface area is 158 Å². The minimum Gasteiger partial charge on any atom is -0.369 e. The van der Waals surface area contributed by atoms with E-state index >= 15 is 0 Å². The molecule has 1 N–H and O–H groups in total. The molecule has 1 saturated heterocycles. The van der Waals surface area contributed by atoms with Crippen LogP contribution in [0, 0.1) is 0 Å². The number of anilines is 1. The number of rotatable bonds is 5. The summed E-state index contributed by atoms with van der Waals surface area (Å²) in [5, 5.41) is 3.10. The Hall–Kier alpha value is -1.85. The summed E-state index contributed by atoms with van der Waals surface area (Å²) in [7, 11) is 0. The van der Waals surface area contributed by atoms with E-state index in [0.29, 0.717) is 6.54 Å². The molecule has 1 aliphatic rings. The fourth-order valence-corrected chi connectivity index (χ4v) is 3.39. The number of amides is 1. The van der Waals surface area contributed by atoms with Gasteiger partial charge in [-0.2, -0.15) is 0 Å². The lowest BCUT2D eigenvalue weighted by molar-refractivity contribution is -0.123. The molecule has 25 heavy (non-hydrogen) atoms. The zero-order chi connectivity index (χ0) is 17.6. The van der Waals surface area contributed by atoms with Crippen LogP contribution in [0.25, 0.3) is 0 Å². The van der Waals surface area contributed by atoms with E-state index in [1.165, 1.54) is 5.69 Å². The topological polar surface area (TPSA) is 35.6 Å². The van der Waals surface area contributed by atoms with Crippen molar-refractivity contribution in [1.82, 2.24) is 10.2 Å². The largest absolute Gasteiger partial charge is 0.369 e. The van der Waals surface area contributed by atoms with Gasteiger partial charge in [0, 0.05) is 36.3 Å². The predicted molar refractivity (Wildman–Crippen MR) is 106 cm³/mol. The van der Waals surface area contributed by atoms with Crippen LogP contribution in [0.3, 0.4) is 0 Å². The maximum atomic E-state index is 12.3. The molecule has 5 heteroatoms. The molecule has 0 aromatic heterocycles. The van der Waals surface area contributed by atoms with Gasteiger partial charge < -0.3 is 10.2 Å². The van der Waals surface area contributed by atoms with Crippen molar-refractivity contribution < 1.29 is 4.79 Å². The Morgan fingerprint density at radius 2 is 1.68 bits per heavy atom. The number of carbonyl (C=O) groups is 1. The second-order valence-corrected chi connectivity index (χ2v) is 7.36. The molecule has 0 spiro atoms. The molecule has 132 valence electrons. The highest BCUT2D eigenvalue weighted by atomic mass is 79.9. The summed E-state index contributed by atoms with van der Waals surface area (Å²) in [6.45, 7) is 6.22. The normalized spacial score (nSPS) is 16.5. The molecule has 3 rings (SSSR count). The molecule has 2 aromatic carbocycles. The molecular formula is C20H24BrN3O. The van der Waals surface area contributed by atoms with E-state index in [-0.39, 0.29) is 11.9 Å². The Bertz CT molecular complexity index is 682. The van der Waals surface area contributed by atoms with Crippen molar-refractivity contribution in [1.29, 1.82) is 0 Å². The zero-order valence-electron chi connectivity index (χ0n) is 14.5. The van der Waals surface area contributed by atoms with Gasteiger partial charge in [0.1, 0.15) is 0 Å². The SMILES string of the molecule is CC(NC(=O)CN1CCN(c2ccccc2)CC1)c1ccc(Br)cc1. The Morgan fingerprint density at radius 3 is 2.32 bits per heavy atom. The van der Waals surface area contributed by atoms with Crippen LogP contribution in [-0.4, -0.2) is 43.5 Å². The third-order valence-corrected chi connectivity index (χ3v) is 5.14. The van der Waals surface area contributed by atoms with E-state index in [1.54, 1.807) is 0 Å². The van der Waals surface area contributed by atoms with Crippen LogP contribution in [0.2, 0.25) is 0 Å². The zero-order valence-corrected chi connectivity index (χ0v) is 16.1. The predicted octanol–water partition coefficient (Wildman–Crippen LogP) is 3.45. The van der Waals surface area contributed by atoms with Crippen LogP contribution in [0.15, 0.2) is 59.1 Å². The summed E-state index contributed by atoms with van der Waals surface area (Å²) < 4.78 is 1.05. The summed E-state index contributed by atoms with van der Waals surface area (Å²) in [6.07, 6.45) is 0. The van der Waals surface area contributed by atoms with Gasteiger partial charge in [0.05, 0.1) is 12.6 Å². The van der Waals surface area contributed by atoms with E-state index < -0.39 is 0 Å². The monoisotopic (exact) mass is 401 g/mol. The third kappa shape index (κ3) is 5.06. The van der Waals surface area contributed by atoms with Gasteiger partial charge in [0.2, 0.25) is 5.91 Å². The van der Waals surface area contributed by atoms with Crippen LogP contribution >= 0.6 is 15.9 Å². The molecule has 0 saturated carbocycles. The Morgan fingerprint density at radius 1 is 1.04 bits per heavy atom. The van der Waals surface area contributed by atoms with Gasteiger partial charge in [0.25, 0.3) is 0 Å². The smallest absolute Gasteiger partial charge is 0.234 e. The van der Waals surface area contributed by atoms with Gasteiger partial charge in [-0.3, -0.25) is 9.69 Å². The minimum absolute atomic E-state index is 0.0196. The maximum Gasteiger partial charge on any atom is 0.234 e. The van der Waals surface area contributed by atoms with Crippen molar-refractivity contribution >= 4 is 27.5 Å². The van der Waals surface area contributed by atoms with Crippen molar-refractivity contribution in [2.75, 3.05) is 37.6 Å². The second-order valence-electron chi connectivity index (χ2n) is 6.44. The van der Waals surface area contributed by atoms with E-state index in [0.717, 1.165) is 36.2 Å². The van der Waals surface area contributed by atoms with Gasteiger partial charge in [-0.1, -0.05) is 46.3 Å². The maximum absolute atomic E-state index is 12.3. The summed E-state index contributed by atoms with van der Waals surface area (Å²) >= 11 is 3.43. The first kappa shape index (κ1) is 18.0. The summed E-state index contributed by atoms with van der Waals surface area (Å²) in [6, 6.07) is 18.5. The number of nitrogens with zero attached hydrogens (tertiary/aromatic N) is 2. The number of hydrogen-bond acceptors (Lipinski definition) is 3. The standard InChI is InChI=1S/C20H24BrN3O/c1-16(17-7-9-18(21)10-8-17)22-20(25)15-23-11-13-24(14-12-23)19-5-3-2-4-6-19/h2-10,16H,11-15H2,1H3,(H,22,25). The molecule has 0 aliphatic carbocycles. The molecule has 1 aliphatic heterocycles. The fraction of sp³-hybridized carbons (Fsp3) is 0.350. The molecule has 4 nitrogen and oxygen atoms in total. The summed E-state index contributed by atoms with van der Waals surface area (Å²) in [4.78, 5) is 16.9. The Balaban J connectivity index is 1.45. The summed E-state index contributed by atoms with van der Waals surface area (Å²) in [5.74, 6) is 0.0866. The highest BCUT2D eigenvalue weighted by molar-refractivity contribution is 9.10. The summed E-state index contributed by atoms with van der Waals surface area (Å²) in [5.41, 5.74) is 2.38. The number of carbonyl (C=O) groups excluding carboxylic acids is 1. The number of para-hydroxylation sites is 1.